The van der Waals surface area contributed by atoms with Crippen LogP contribution in [0.5, 0.6) is 0 Å². The molecule has 0 unspecified atom stereocenters. The van der Waals surface area contributed by atoms with E-state index in [1.165, 1.54) is 11.3 Å². The largest absolute Gasteiger partial charge is 0.339 e. The number of nitrogens with one attached hydrogen (secondary N) is 1. The summed E-state index contributed by atoms with van der Waals surface area (Å²) >= 11 is 15.1. The average Bonchev–Trinajstić information content (AvgIpc) is 3.43. The lowest BCUT2D eigenvalue weighted by Gasteiger charge is -2.02. The van der Waals surface area contributed by atoms with Crippen LogP contribution in [-0.2, 0) is 11.2 Å². The number of halogens is 2. The lowest BCUT2D eigenvalue weighted by molar-refractivity contribution is -0.116. The van der Waals surface area contributed by atoms with Gasteiger partial charge in [0, 0.05) is 39.8 Å². The van der Waals surface area contributed by atoms with Gasteiger partial charge in [-0.3, -0.25) is 4.79 Å². The van der Waals surface area contributed by atoms with Crippen molar-refractivity contribution in [3.63, 3.8) is 0 Å². The molecule has 28 heavy (non-hydrogen) atoms. The highest BCUT2D eigenvalue weighted by Crippen LogP contribution is 2.32. The zero-order valence-corrected chi connectivity index (χ0v) is 17.3. The minimum atomic E-state index is -0.187. The second-order valence-electron chi connectivity index (χ2n) is 5.73. The van der Waals surface area contributed by atoms with Gasteiger partial charge in [-0.2, -0.15) is 16.3 Å². The lowest BCUT2D eigenvalue weighted by atomic mass is 10.2. The molecular weight excluding hydrogens is 439 g/mol. The van der Waals surface area contributed by atoms with E-state index < -0.39 is 0 Å². The molecule has 3 aromatic heterocycles. The van der Waals surface area contributed by atoms with E-state index in [0.717, 1.165) is 11.1 Å². The summed E-state index contributed by atoms with van der Waals surface area (Å²) in [4.78, 5) is 20.9. The van der Waals surface area contributed by atoms with Crippen molar-refractivity contribution >= 4 is 56.9 Å². The number of aromatic nitrogens is 3. The first-order valence-corrected chi connectivity index (χ1v) is 10.7. The maximum atomic E-state index is 12.2. The standard InChI is InChI=1S/C18H12Cl2N4O2S2/c19-11-1-2-13(20)12(7-11)14-9-28-18(21-14)22-15(25)3-4-16-23-17(24-26-16)10-5-6-27-8-10/h1-2,5-9H,3-4H2,(H,21,22,25). The molecule has 0 atom stereocenters. The number of rotatable bonds is 6. The first-order valence-electron chi connectivity index (χ1n) is 8.14. The number of carbonyl (C=O) groups is 1. The molecule has 0 aliphatic carbocycles. The fraction of sp³-hybridized carbons (Fsp3) is 0.111. The third-order valence-corrected chi connectivity index (χ3v) is 5.77. The van der Waals surface area contributed by atoms with Crippen molar-refractivity contribution in [1.82, 2.24) is 15.1 Å². The number of aryl methyl sites for hydroxylation is 1. The summed E-state index contributed by atoms with van der Waals surface area (Å²) in [6.45, 7) is 0. The highest BCUT2D eigenvalue weighted by molar-refractivity contribution is 7.14. The maximum absolute atomic E-state index is 12.2. The van der Waals surface area contributed by atoms with Crippen molar-refractivity contribution in [2.24, 2.45) is 0 Å². The van der Waals surface area contributed by atoms with Crippen molar-refractivity contribution in [1.29, 1.82) is 0 Å². The molecule has 0 aliphatic heterocycles. The van der Waals surface area contributed by atoms with Gasteiger partial charge in [-0.25, -0.2) is 4.98 Å². The van der Waals surface area contributed by atoms with E-state index in [9.17, 15) is 4.79 Å². The molecule has 0 bridgehead atoms. The molecule has 0 saturated heterocycles. The Morgan fingerprint density at radius 2 is 2.07 bits per heavy atom. The van der Waals surface area contributed by atoms with Gasteiger partial charge in [-0.05, 0) is 29.6 Å². The van der Waals surface area contributed by atoms with Crippen LogP contribution in [0.4, 0.5) is 5.13 Å². The highest BCUT2D eigenvalue weighted by Gasteiger charge is 2.13. The molecule has 0 fully saturated rings. The van der Waals surface area contributed by atoms with E-state index in [-0.39, 0.29) is 12.3 Å². The fourth-order valence-corrected chi connectivity index (χ4v) is 4.16. The Morgan fingerprint density at radius 3 is 2.89 bits per heavy atom. The summed E-state index contributed by atoms with van der Waals surface area (Å²) in [7, 11) is 0. The van der Waals surface area contributed by atoms with E-state index in [0.29, 0.717) is 39.0 Å². The quantitative estimate of drug-likeness (QED) is 0.401. The minimum Gasteiger partial charge on any atom is -0.339 e. The van der Waals surface area contributed by atoms with Gasteiger partial charge in [0.25, 0.3) is 0 Å². The number of nitrogens with zero attached hydrogens (tertiary/aromatic N) is 3. The highest BCUT2D eigenvalue weighted by atomic mass is 35.5. The number of benzene rings is 1. The minimum absolute atomic E-state index is 0.187. The Morgan fingerprint density at radius 1 is 1.18 bits per heavy atom. The molecule has 3 heterocycles. The molecule has 0 aliphatic rings. The summed E-state index contributed by atoms with van der Waals surface area (Å²) in [6, 6.07) is 7.08. The summed E-state index contributed by atoms with van der Waals surface area (Å²) in [6.07, 6.45) is 0.555. The predicted octanol–water partition coefficient (Wildman–Crippen LogP) is 5.80. The van der Waals surface area contributed by atoms with Gasteiger partial charge >= 0.3 is 0 Å². The van der Waals surface area contributed by atoms with Crippen molar-refractivity contribution in [3.05, 3.63) is 56.3 Å². The van der Waals surface area contributed by atoms with Gasteiger partial charge in [-0.1, -0.05) is 28.4 Å². The van der Waals surface area contributed by atoms with Crippen molar-refractivity contribution < 1.29 is 9.32 Å². The zero-order chi connectivity index (χ0) is 19.5. The van der Waals surface area contributed by atoms with E-state index in [1.54, 1.807) is 29.5 Å². The van der Waals surface area contributed by atoms with Gasteiger partial charge < -0.3 is 9.84 Å². The monoisotopic (exact) mass is 450 g/mol. The number of amides is 1. The lowest BCUT2D eigenvalue weighted by Crippen LogP contribution is -2.12. The van der Waals surface area contributed by atoms with Gasteiger partial charge in [0.15, 0.2) is 5.13 Å². The molecular formula is C18H12Cl2N4O2S2. The van der Waals surface area contributed by atoms with E-state index in [4.69, 9.17) is 27.7 Å². The Balaban J connectivity index is 1.36. The SMILES string of the molecule is O=C(CCc1nc(-c2ccsc2)no1)Nc1nc(-c2cc(Cl)ccc2Cl)cs1. The van der Waals surface area contributed by atoms with Crippen molar-refractivity contribution in [3.8, 4) is 22.6 Å². The molecule has 0 saturated carbocycles. The predicted molar refractivity (Wildman–Crippen MR) is 112 cm³/mol. The molecule has 4 aromatic rings. The van der Waals surface area contributed by atoms with Crippen molar-refractivity contribution in [2.75, 3.05) is 5.32 Å². The van der Waals surface area contributed by atoms with Crippen LogP contribution in [0, 0.1) is 0 Å². The van der Waals surface area contributed by atoms with Crippen LogP contribution in [0.3, 0.4) is 0 Å². The first-order chi connectivity index (χ1) is 13.6. The number of thiazole rings is 1. The van der Waals surface area contributed by atoms with Crippen molar-refractivity contribution in [2.45, 2.75) is 12.8 Å². The molecule has 142 valence electrons. The Labute approximate surface area is 178 Å². The molecule has 0 radical (unpaired) electrons. The smallest absolute Gasteiger partial charge is 0.227 e. The van der Waals surface area contributed by atoms with Gasteiger partial charge in [-0.15, -0.1) is 11.3 Å². The van der Waals surface area contributed by atoms with Crippen LogP contribution in [0.2, 0.25) is 10.0 Å². The number of thiophene rings is 1. The molecule has 0 spiro atoms. The molecule has 1 aromatic carbocycles. The third-order valence-electron chi connectivity index (χ3n) is 3.77. The summed E-state index contributed by atoms with van der Waals surface area (Å²) < 4.78 is 5.20. The third kappa shape index (κ3) is 4.41. The number of hydrogen-bond acceptors (Lipinski definition) is 7. The summed E-state index contributed by atoms with van der Waals surface area (Å²) in [5, 5.41) is 14.0. The molecule has 10 heteroatoms. The Hall–Kier alpha value is -2.26. The van der Waals surface area contributed by atoms with Gasteiger partial charge in [0.1, 0.15) is 0 Å². The number of carbonyl (C=O) groups excluding carboxylic acids is 1. The van der Waals surface area contributed by atoms with Crippen LogP contribution in [0.1, 0.15) is 12.3 Å². The normalized spacial score (nSPS) is 10.9. The summed E-state index contributed by atoms with van der Waals surface area (Å²) in [5.41, 5.74) is 2.28. The van der Waals surface area contributed by atoms with Gasteiger partial charge in [0.05, 0.1) is 10.7 Å². The van der Waals surface area contributed by atoms with Crippen LogP contribution < -0.4 is 5.32 Å². The fourth-order valence-electron chi connectivity index (χ4n) is 2.42. The Kier molecular flexibility index (Phi) is 5.72. The number of hydrogen-bond donors (Lipinski definition) is 1. The Bertz CT molecular complexity index is 1110. The molecule has 1 amide bonds. The zero-order valence-electron chi connectivity index (χ0n) is 14.2. The van der Waals surface area contributed by atoms with E-state index >= 15 is 0 Å². The first kappa shape index (κ1) is 19.1. The van der Waals surface area contributed by atoms with Crippen LogP contribution in [-0.4, -0.2) is 21.0 Å². The summed E-state index contributed by atoms with van der Waals surface area (Å²) in [5.74, 6) is 0.759. The van der Waals surface area contributed by atoms with Crippen LogP contribution in [0.15, 0.2) is 44.9 Å². The molecule has 4 rings (SSSR count). The van der Waals surface area contributed by atoms with E-state index in [2.05, 4.69) is 20.4 Å². The molecule has 6 nitrogen and oxygen atoms in total. The van der Waals surface area contributed by atoms with E-state index in [1.807, 2.05) is 22.2 Å². The topological polar surface area (TPSA) is 80.9 Å². The van der Waals surface area contributed by atoms with Crippen LogP contribution in [0.25, 0.3) is 22.6 Å². The molecule has 1 N–H and O–H groups in total. The maximum Gasteiger partial charge on any atom is 0.227 e. The number of anilines is 1. The average molecular weight is 451 g/mol. The van der Waals surface area contributed by atoms with Gasteiger partial charge in [0.2, 0.25) is 17.6 Å². The van der Waals surface area contributed by atoms with Crippen LogP contribution >= 0.6 is 45.9 Å². The second kappa shape index (κ2) is 8.40. The second-order valence-corrected chi connectivity index (χ2v) is 8.22.